The van der Waals surface area contributed by atoms with Crippen molar-refractivity contribution in [1.29, 1.82) is 0 Å². The third-order valence-corrected chi connectivity index (χ3v) is 5.20. The van der Waals surface area contributed by atoms with E-state index in [-0.39, 0.29) is 6.10 Å². The minimum Gasteiger partial charge on any atom is -0.486 e. The van der Waals surface area contributed by atoms with Crippen LogP contribution in [-0.4, -0.2) is 19.2 Å². The van der Waals surface area contributed by atoms with Crippen molar-refractivity contribution in [1.82, 2.24) is 0 Å². The van der Waals surface area contributed by atoms with Gasteiger partial charge in [0.05, 0.1) is 5.69 Å². The van der Waals surface area contributed by atoms with Crippen LogP contribution in [-0.2, 0) is 4.74 Å². The van der Waals surface area contributed by atoms with E-state index in [1.807, 2.05) is 48.5 Å². The number of nitrogens with one attached hydrogen (secondary N) is 1. The van der Waals surface area contributed by atoms with Crippen molar-refractivity contribution in [2.75, 3.05) is 18.5 Å². The number of halogens is 2. The van der Waals surface area contributed by atoms with E-state index in [1.165, 1.54) is 0 Å². The Balaban J connectivity index is 1.56. The maximum Gasteiger partial charge on any atom is 0.295 e. The van der Waals surface area contributed by atoms with E-state index in [1.54, 1.807) is 12.1 Å². The number of aliphatic imine (C=N–C) groups is 1. The van der Waals surface area contributed by atoms with Crippen molar-refractivity contribution in [2.45, 2.75) is 6.10 Å². The number of hydrogen-bond donors (Lipinski definition) is 1. The standard InChI is InChI=1S/C22H16Cl2N2O3/c23-14-3-1-13(2-4-14)21-17-11-19-20(28-10-9-27-19)12-18(17)26-22(29-21)25-16-7-5-15(24)6-8-16/h1-8,11-12,21H,9-10H2,(H,25,26)/t21-/m1/s1. The lowest BCUT2D eigenvalue weighted by Gasteiger charge is -2.29. The fourth-order valence-corrected chi connectivity index (χ4v) is 3.56. The summed E-state index contributed by atoms with van der Waals surface area (Å²) in [5, 5.41) is 4.54. The van der Waals surface area contributed by atoms with Crippen molar-refractivity contribution in [2.24, 2.45) is 4.99 Å². The molecule has 5 nitrogen and oxygen atoms in total. The third kappa shape index (κ3) is 3.71. The summed E-state index contributed by atoms with van der Waals surface area (Å²) in [4.78, 5) is 4.65. The van der Waals surface area contributed by atoms with E-state index in [2.05, 4.69) is 10.3 Å². The van der Waals surface area contributed by atoms with Gasteiger partial charge in [0.25, 0.3) is 6.02 Å². The predicted molar refractivity (Wildman–Crippen MR) is 114 cm³/mol. The maximum absolute atomic E-state index is 6.23. The zero-order valence-electron chi connectivity index (χ0n) is 15.2. The Morgan fingerprint density at radius 1 is 0.828 bits per heavy atom. The molecule has 0 aromatic heterocycles. The van der Waals surface area contributed by atoms with Crippen molar-refractivity contribution < 1.29 is 14.2 Å². The highest BCUT2D eigenvalue weighted by atomic mass is 35.5. The quantitative estimate of drug-likeness (QED) is 0.547. The first-order chi connectivity index (χ1) is 14.2. The maximum atomic E-state index is 6.23. The molecule has 0 aliphatic carbocycles. The fraction of sp³-hybridized carbons (Fsp3) is 0.136. The molecule has 29 heavy (non-hydrogen) atoms. The third-order valence-electron chi connectivity index (χ3n) is 4.69. The van der Waals surface area contributed by atoms with Crippen LogP contribution in [0.15, 0.2) is 65.7 Å². The average molecular weight is 427 g/mol. The first-order valence-corrected chi connectivity index (χ1v) is 9.88. The largest absolute Gasteiger partial charge is 0.486 e. The first kappa shape index (κ1) is 18.2. The Bertz CT molecular complexity index is 1080. The zero-order chi connectivity index (χ0) is 19.8. The molecule has 0 spiro atoms. The summed E-state index contributed by atoms with van der Waals surface area (Å²) in [6.07, 6.45) is -0.370. The Hall–Kier alpha value is -2.89. The fourth-order valence-electron chi connectivity index (χ4n) is 3.31. The summed E-state index contributed by atoms with van der Waals surface area (Å²) in [5.74, 6) is 1.38. The molecule has 1 atom stereocenters. The summed E-state index contributed by atoms with van der Waals surface area (Å²) in [6, 6.07) is 19.1. The molecule has 5 rings (SSSR count). The number of hydrogen-bond acceptors (Lipinski definition) is 5. The highest BCUT2D eigenvalue weighted by Gasteiger charge is 2.29. The molecule has 2 aliphatic rings. The van der Waals surface area contributed by atoms with E-state index < -0.39 is 0 Å². The van der Waals surface area contributed by atoms with Crippen LogP contribution in [0.5, 0.6) is 11.5 Å². The molecule has 3 aromatic rings. The predicted octanol–water partition coefficient (Wildman–Crippen LogP) is 5.98. The summed E-state index contributed by atoms with van der Waals surface area (Å²) >= 11 is 12.0. The molecular weight excluding hydrogens is 411 g/mol. The van der Waals surface area contributed by atoms with Crippen molar-refractivity contribution in [3.63, 3.8) is 0 Å². The molecule has 0 bridgehead atoms. The van der Waals surface area contributed by atoms with Crippen LogP contribution >= 0.6 is 23.2 Å². The molecule has 0 radical (unpaired) electrons. The molecule has 2 aliphatic heterocycles. The molecule has 0 saturated heterocycles. The van der Waals surface area contributed by atoms with E-state index in [4.69, 9.17) is 37.4 Å². The zero-order valence-corrected chi connectivity index (χ0v) is 16.7. The lowest BCUT2D eigenvalue weighted by molar-refractivity contribution is 0.170. The minimum absolute atomic E-state index is 0.370. The van der Waals surface area contributed by atoms with Crippen LogP contribution in [0, 0.1) is 0 Å². The topological polar surface area (TPSA) is 52.1 Å². The first-order valence-electron chi connectivity index (χ1n) is 9.13. The van der Waals surface area contributed by atoms with Gasteiger partial charge in [-0.15, -0.1) is 0 Å². The SMILES string of the molecule is Clc1ccc(NC2=Nc3cc4c(cc3[C@@H](c3ccc(Cl)cc3)O2)OCCO4)cc1. The number of fused-ring (bicyclic) bond motifs is 2. The summed E-state index contributed by atoms with van der Waals surface area (Å²) in [5.41, 5.74) is 3.44. The van der Waals surface area contributed by atoms with Gasteiger partial charge in [0.1, 0.15) is 13.2 Å². The van der Waals surface area contributed by atoms with Gasteiger partial charge < -0.3 is 19.5 Å². The molecule has 146 valence electrons. The summed E-state index contributed by atoms with van der Waals surface area (Å²) in [6.45, 7) is 1.04. The van der Waals surface area contributed by atoms with E-state index in [9.17, 15) is 0 Å². The summed E-state index contributed by atoms with van der Waals surface area (Å²) < 4.78 is 17.7. The summed E-state index contributed by atoms with van der Waals surface area (Å²) in [7, 11) is 0. The van der Waals surface area contributed by atoms with Gasteiger partial charge in [-0.2, -0.15) is 4.99 Å². The molecular formula is C22H16Cl2N2O3. The lowest BCUT2D eigenvalue weighted by atomic mass is 9.98. The van der Waals surface area contributed by atoms with E-state index in [0.717, 1.165) is 22.5 Å². The van der Waals surface area contributed by atoms with Crippen molar-refractivity contribution >= 4 is 40.6 Å². The highest BCUT2D eigenvalue weighted by Crippen LogP contribution is 2.44. The monoisotopic (exact) mass is 426 g/mol. The molecule has 7 heteroatoms. The second kappa shape index (κ2) is 7.50. The Kier molecular flexibility index (Phi) is 4.70. The highest BCUT2D eigenvalue weighted by molar-refractivity contribution is 6.30. The molecule has 3 aromatic carbocycles. The Labute approximate surface area is 177 Å². The molecule has 0 fully saturated rings. The van der Waals surface area contributed by atoms with Crippen molar-refractivity contribution in [3.8, 4) is 11.5 Å². The van der Waals surface area contributed by atoms with Crippen LogP contribution in [0.1, 0.15) is 17.2 Å². The van der Waals surface area contributed by atoms with Crippen molar-refractivity contribution in [3.05, 3.63) is 81.8 Å². The average Bonchev–Trinajstić information content (AvgIpc) is 2.74. The van der Waals surface area contributed by atoms with Crippen LogP contribution in [0.4, 0.5) is 11.4 Å². The Morgan fingerprint density at radius 3 is 2.14 bits per heavy atom. The number of benzene rings is 3. The lowest BCUT2D eigenvalue weighted by Crippen LogP contribution is -2.24. The minimum atomic E-state index is -0.370. The Morgan fingerprint density at radius 2 is 1.45 bits per heavy atom. The second-order valence-electron chi connectivity index (χ2n) is 6.65. The van der Waals surface area contributed by atoms with Gasteiger partial charge >= 0.3 is 0 Å². The van der Waals surface area contributed by atoms with Crippen LogP contribution in [0.2, 0.25) is 10.0 Å². The van der Waals surface area contributed by atoms with Gasteiger partial charge in [-0.05, 0) is 48.0 Å². The molecule has 0 saturated carbocycles. The number of anilines is 1. The molecule has 1 N–H and O–H groups in total. The number of nitrogens with zero attached hydrogens (tertiary/aromatic N) is 1. The molecule has 0 unspecified atom stereocenters. The van der Waals surface area contributed by atoms with E-state index in [0.29, 0.717) is 40.8 Å². The normalized spacial score (nSPS) is 17.0. The number of ether oxygens (including phenoxy) is 3. The van der Waals surface area contributed by atoms with Gasteiger partial charge in [-0.3, -0.25) is 0 Å². The van der Waals surface area contributed by atoms with Crippen LogP contribution in [0.25, 0.3) is 0 Å². The second-order valence-corrected chi connectivity index (χ2v) is 7.53. The number of rotatable bonds is 2. The molecule has 0 amide bonds. The van der Waals surface area contributed by atoms with Gasteiger partial charge in [-0.25, -0.2) is 0 Å². The van der Waals surface area contributed by atoms with E-state index >= 15 is 0 Å². The van der Waals surface area contributed by atoms with Gasteiger partial charge in [0, 0.05) is 27.4 Å². The van der Waals surface area contributed by atoms with Gasteiger partial charge in [-0.1, -0.05) is 35.3 Å². The van der Waals surface area contributed by atoms with Crippen LogP contribution < -0.4 is 14.8 Å². The van der Waals surface area contributed by atoms with Gasteiger partial charge in [0.15, 0.2) is 17.6 Å². The molecule has 2 heterocycles. The van der Waals surface area contributed by atoms with Gasteiger partial charge in [0.2, 0.25) is 0 Å². The van der Waals surface area contributed by atoms with Crippen LogP contribution in [0.3, 0.4) is 0 Å². The smallest absolute Gasteiger partial charge is 0.295 e. The number of amidine groups is 1.